The average molecular weight is 231 g/mol. The molecule has 0 radical (unpaired) electrons. The summed E-state index contributed by atoms with van der Waals surface area (Å²) in [6.07, 6.45) is 0.323. The Morgan fingerprint density at radius 1 is 1.19 bits per heavy atom. The summed E-state index contributed by atoms with van der Waals surface area (Å²) >= 11 is 0. The third-order valence-electron chi connectivity index (χ3n) is 1.86. The first-order valence-electron chi connectivity index (χ1n) is 5.32. The Balaban J connectivity index is 3.41. The number of carbonyl (C=O) groups is 2. The van der Waals surface area contributed by atoms with Crippen LogP contribution in [0.25, 0.3) is 0 Å². The highest BCUT2D eigenvalue weighted by Gasteiger charge is 2.22. The highest BCUT2D eigenvalue weighted by atomic mass is 16.5. The molecular formula is C11H21NO4. The Hall–Kier alpha value is -1.10. The number of hydrogen-bond donors (Lipinski definition) is 1. The summed E-state index contributed by atoms with van der Waals surface area (Å²) in [6.45, 7) is 6.80. The molecule has 0 aromatic carbocycles. The van der Waals surface area contributed by atoms with Gasteiger partial charge in [0.05, 0.1) is 18.9 Å². The number of ether oxygens (including phenoxy) is 2. The van der Waals surface area contributed by atoms with Crippen molar-refractivity contribution in [1.82, 2.24) is 5.32 Å². The molecule has 0 spiro atoms. The maximum Gasteiger partial charge on any atom is 0.311 e. The fraction of sp³-hybridized carbons (Fsp3) is 0.818. The largest absolute Gasteiger partial charge is 0.469 e. The SMILES string of the molecule is COC(=O)CCNCCOC(=O)C(C)(C)C. The molecule has 1 N–H and O–H groups in total. The number of carbonyl (C=O) groups excluding carboxylic acids is 2. The van der Waals surface area contributed by atoms with Crippen molar-refractivity contribution in [3.63, 3.8) is 0 Å². The van der Waals surface area contributed by atoms with Gasteiger partial charge >= 0.3 is 11.9 Å². The Labute approximate surface area is 96.5 Å². The van der Waals surface area contributed by atoms with E-state index in [0.29, 0.717) is 26.1 Å². The lowest BCUT2D eigenvalue weighted by molar-refractivity contribution is -0.152. The van der Waals surface area contributed by atoms with E-state index in [1.807, 2.05) is 0 Å². The standard InChI is InChI=1S/C11H21NO4/c1-11(2,3)10(14)16-8-7-12-6-5-9(13)15-4/h12H,5-8H2,1-4H3. The topological polar surface area (TPSA) is 64.6 Å². The van der Waals surface area contributed by atoms with Gasteiger partial charge in [-0.1, -0.05) is 0 Å². The van der Waals surface area contributed by atoms with Crippen LogP contribution in [0.4, 0.5) is 0 Å². The predicted octanol–water partition coefficient (Wildman–Crippen LogP) is 0.728. The molecule has 0 aliphatic carbocycles. The molecule has 0 aliphatic rings. The number of hydrogen-bond acceptors (Lipinski definition) is 5. The summed E-state index contributed by atoms with van der Waals surface area (Å²) in [5.41, 5.74) is -0.466. The van der Waals surface area contributed by atoms with Gasteiger partial charge in [0.2, 0.25) is 0 Å². The van der Waals surface area contributed by atoms with Crippen LogP contribution in [0.1, 0.15) is 27.2 Å². The summed E-state index contributed by atoms with van der Waals surface area (Å²) in [6, 6.07) is 0. The van der Waals surface area contributed by atoms with Crippen molar-refractivity contribution in [2.75, 3.05) is 26.8 Å². The second-order valence-electron chi connectivity index (χ2n) is 4.46. The molecule has 94 valence electrons. The molecule has 0 aromatic heterocycles. The lowest BCUT2D eigenvalue weighted by Crippen LogP contribution is -2.28. The summed E-state index contributed by atoms with van der Waals surface area (Å²) in [5.74, 6) is -0.471. The molecule has 5 heteroatoms. The normalized spacial score (nSPS) is 11.0. The van der Waals surface area contributed by atoms with E-state index >= 15 is 0 Å². The van der Waals surface area contributed by atoms with Crippen LogP contribution in [0.15, 0.2) is 0 Å². The minimum atomic E-state index is -0.466. The van der Waals surface area contributed by atoms with Crippen LogP contribution in [0.2, 0.25) is 0 Å². The molecule has 0 fully saturated rings. The molecule has 0 atom stereocenters. The first-order valence-corrected chi connectivity index (χ1v) is 5.32. The summed E-state index contributed by atoms with van der Waals surface area (Å²) in [4.78, 5) is 22.1. The van der Waals surface area contributed by atoms with Gasteiger partial charge in [0.25, 0.3) is 0 Å². The van der Waals surface area contributed by atoms with E-state index in [1.54, 1.807) is 20.8 Å². The summed E-state index contributed by atoms with van der Waals surface area (Å²) in [5, 5.41) is 2.98. The first-order chi connectivity index (χ1) is 7.38. The van der Waals surface area contributed by atoms with Crippen molar-refractivity contribution in [2.24, 2.45) is 5.41 Å². The molecule has 0 heterocycles. The summed E-state index contributed by atoms with van der Waals surface area (Å²) in [7, 11) is 1.35. The first kappa shape index (κ1) is 14.9. The van der Waals surface area contributed by atoms with Crippen molar-refractivity contribution < 1.29 is 19.1 Å². The molecule has 0 aromatic rings. The van der Waals surface area contributed by atoms with Gasteiger partial charge in [-0.2, -0.15) is 0 Å². The van der Waals surface area contributed by atoms with Gasteiger partial charge in [-0.25, -0.2) is 0 Å². The zero-order valence-corrected chi connectivity index (χ0v) is 10.5. The monoisotopic (exact) mass is 231 g/mol. The fourth-order valence-electron chi connectivity index (χ4n) is 0.850. The van der Waals surface area contributed by atoms with E-state index < -0.39 is 5.41 Å². The number of methoxy groups -OCH3 is 1. The van der Waals surface area contributed by atoms with Crippen LogP contribution in [0.5, 0.6) is 0 Å². The molecule has 0 rings (SSSR count). The molecule has 0 amide bonds. The van der Waals surface area contributed by atoms with Gasteiger partial charge < -0.3 is 14.8 Å². The molecule has 0 bridgehead atoms. The van der Waals surface area contributed by atoms with Gasteiger partial charge in [-0.3, -0.25) is 9.59 Å². The maximum absolute atomic E-state index is 11.3. The number of nitrogens with one attached hydrogen (secondary N) is 1. The number of rotatable bonds is 6. The van der Waals surface area contributed by atoms with Crippen LogP contribution >= 0.6 is 0 Å². The second kappa shape index (κ2) is 7.22. The Morgan fingerprint density at radius 3 is 2.31 bits per heavy atom. The van der Waals surface area contributed by atoms with Crippen LogP contribution in [-0.4, -0.2) is 38.7 Å². The minimum absolute atomic E-state index is 0.220. The molecule has 0 saturated heterocycles. The van der Waals surface area contributed by atoms with Crippen molar-refractivity contribution in [2.45, 2.75) is 27.2 Å². The molecule has 0 unspecified atom stereocenters. The van der Waals surface area contributed by atoms with E-state index in [4.69, 9.17) is 4.74 Å². The van der Waals surface area contributed by atoms with Crippen molar-refractivity contribution in [1.29, 1.82) is 0 Å². The van der Waals surface area contributed by atoms with Gasteiger partial charge in [-0.15, -0.1) is 0 Å². The molecular weight excluding hydrogens is 210 g/mol. The van der Waals surface area contributed by atoms with Crippen molar-refractivity contribution in [3.05, 3.63) is 0 Å². The van der Waals surface area contributed by atoms with Gasteiger partial charge in [0.1, 0.15) is 6.61 Å². The van der Waals surface area contributed by atoms with E-state index in [-0.39, 0.29) is 11.9 Å². The smallest absolute Gasteiger partial charge is 0.311 e. The van der Waals surface area contributed by atoms with Crippen molar-refractivity contribution in [3.8, 4) is 0 Å². The summed E-state index contributed by atoms with van der Waals surface area (Å²) < 4.78 is 9.50. The molecule has 0 saturated carbocycles. The van der Waals surface area contributed by atoms with Gasteiger partial charge in [0, 0.05) is 13.1 Å². The van der Waals surface area contributed by atoms with Crippen LogP contribution in [0.3, 0.4) is 0 Å². The van der Waals surface area contributed by atoms with E-state index in [0.717, 1.165) is 0 Å². The van der Waals surface area contributed by atoms with Gasteiger partial charge in [0.15, 0.2) is 0 Å². The predicted molar refractivity (Wildman–Crippen MR) is 59.9 cm³/mol. The average Bonchev–Trinajstić information content (AvgIpc) is 2.20. The Bertz CT molecular complexity index is 233. The second-order valence-corrected chi connectivity index (χ2v) is 4.46. The zero-order chi connectivity index (χ0) is 12.6. The quantitative estimate of drug-likeness (QED) is 0.539. The Kier molecular flexibility index (Phi) is 6.72. The van der Waals surface area contributed by atoms with E-state index in [1.165, 1.54) is 7.11 Å². The molecule has 16 heavy (non-hydrogen) atoms. The highest BCUT2D eigenvalue weighted by molar-refractivity contribution is 5.75. The third kappa shape index (κ3) is 7.23. The zero-order valence-electron chi connectivity index (χ0n) is 10.5. The van der Waals surface area contributed by atoms with Crippen molar-refractivity contribution >= 4 is 11.9 Å². The lowest BCUT2D eigenvalue weighted by atomic mass is 9.97. The lowest BCUT2D eigenvalue weighted by Gasteiger charge is -2.16. The van der Waals surface area contributed by atoms with Crippen LogP contribution < -0.4 is 5.32 Å². The molecule has 5 nitrogen and oxygen atoms in total. The maximum atomic E-state index is 11.3. The van der Waals surface area contributed by atoms with E-state index in [9.17, 15) is 9.59 Å². The van der Waals surface area contributed by atoms with Gasteiger partial charge in [-0.05, 0) is 20.8 Å². The van der Waals surface area contributed by atoms with Crippen LogP contribution in [-0.2, 0) is 19.1 Å². The number of esters is 2. The van der Waals surface area contributed by atoms with Crippen LogP contribution in [0, 0.1) is 5.41 Å². The minimum Gasteiger partial charge on any atom is -0.469 e. The molecule has 0 aliphatic heterocycles. The Morgan fingerprint density at radius 2 is 1.81 bits per heavy atom. The fourth-order valence-corrected chi connectivity index (χ4v) is 0.850. The highest BCUT2D eigenvalue weighted by Crippen LogP contribution is 2.14. The third-order valence-corrected chi connectivity index (χ3v) is 1.86. The van der Waals surface area contributed by atoms with E-state index in [2.05, 4.69) is 10.1 Å².